The lowest BCUT2D eigenvalue weighted by atomic mass is 10.2. The average Bonchev–Trinajstić information content (AvgIpc) is 2.52. The molecule has 1 atom stereocenters. The molecule has 0 aliphatic rings. The van der Waals surface area contributed by atoms with Crippen LogP contribution in [0.4, 0.5) is 0 Å². The molecule has 1 aromatic heterocycles. The number of phosphoric ester groups is 1. The number of phosphoric acid groups is 1. The van der Waals surface area contributed by atoms with Crippen LogP contribution in [0.5, 0.6) is 0 Å². The molecule has 0 spiro atoms. The minimum Gasteiger partial charge on any atom is -0.467 e. The van der Waals surface area contributed by atoms with Gasteiger partial charge in [0.2, 0.25) is 0 Å². The molecule has 0 saturated heterocycles. The van der Waals surface area contributed by atoms with E-state index in [0.29, 0.717) is 12.2 Å². The SMILES string of the molecule is CCCC(OP(=O)(O)O)c1ccco1. The van der Waals surface area contributed by atoms with Gasteiger partial charge in [0.05, 0.1) is 6.26 Å². The Labute approximate surface area is 81.9 Å². The van der Waals surface area contributed by atoms with Crippen molar-refractivity contribution in [2.75, 3.05) is 0 Å². The molecule has 1 aromatic rings. The molecule has 6 heteroatoms. The Balaban J connectivity index is 2.70. The Bertz CT molecular complexity index is 302. The quantitative estimate of drug-likeness (QED) is 0.743. The van der Waals surface area contributed by atoms with Gasteiger partial charge in [-0.05, 0) is 18.6 Å². The fourth-order valence-corrected chi connectivity index (χ4v) is 1.69. The number of hydrogen-bond acceptors (Lipinski definition) is 3. The van der Waals surface area contributed by atoms with Gasteiger partial charge in [0.25, 0.3) is 0 Å². The van der Waals surface area contributed by atoms with Crippen molar-refractivity contribution in [3.63, 3.8) is 0 Å². The molecule has 80 valence electrons. The molecule has 0 amide bonds. The Morgan fingerprint density at radius 1 is 1.64 bits per heavy atom. The van der Waals surface area contributed by atoms with Crippen molar-refractivity contribution in [2.24, 2.45) is 0 Å². The maximum absolute atomic E-state index is 10.6. The summed E-state index contributed by atoms with van der Waals surface area (Å²) < 4.78 is 20.3. The lowest BCUT2D eigenvalue weighted by Gasteiger charge is -2.14. The molecule has 1 heterocycles. The molecule has 0 radical (unpaired) electrons. The highest BCUT2D eigenvalue weighted by molar-refractivity contribution is 7.46. The highest BCUT2D eigenvalue weighted by atomic mass is 31.2. The molecule has 2 N–H and O–H groups in total. The van der Waals surface area contributed by atoms with E-state index in [4.69, 9.17) is 14.2 Å². The van der Waals surface area contributed by atoms with Crippen LogP contribution in [-0.2, 0) is 9.09 Å². The zero-order valence-electron chi connectivity index (χ0n) is 7.79. The first kappa shape index (κ1) is 11.5. The number of rotatable bonds is 5. The van der Waals surface area contributed by atoms with E-state index in [1.165, 1.54) is 6.26 Å². The van der Waals surface area contributed by atoms with Crippen LogP contribution in [0.15, 0.2) is 22.8 Å². The fourth-order valence-electron chi connectivity index (χ4n) is 1.15. The van der Waals surface area contributed by atoms with Crippen molar-refractivity contribution >= 4 is 7.82 Å². The second kappa shape index (κ2) is 4.75. The monoisotopic (exact) mass is 220 g/mol. The van der Waals surface area contributed by atoms with Crippen LogP contribution in [-0.4, -0.2) is 9.79 Å². The van der Waals surface area contributed by atoms with Gasteiger partial charge in [-0.1, -0.05) is 13.3 Å². The summed E-state index contributed by atoms with van der Waals surface area (Å²) in [4.78, 5) is 17.3. The first-order valence-corrected chi connectivity index (χ1v) is 5.83. The molecule has 0 aliphatic carbocycles. The fraction of sp³-hybridized carbons (Fsp3) is 0.500. The smallest absolute Gasteiger partial charge is 0.467 e. The third-order valence-electron chi connectivity index (χ3n) is 1.68. The Morgan fingerprint density at radius 2 is 2.36 bits per heavy atom. The minimum absolute atomic E-state index is 0.440. The lowest BCUT2D eigenvalue weighted by molar-refractivity contribution is 0.109. The summed E-state index contributed by atoms with van der Waals surface area (Å²) in [6.45, 7) is 1.90. The van der Waals surface area contributed by atoms with Gasteiger partial charge in [-0.25, -0.2) is 4.57 Å². The van der Waals surface area contributed by atoms with Crippen LogP contribution >= 0.6 is 7.82 Å². The molecule has 1 unspecified atom stereocenters. The van der Waals surface area contributed by atoms with Crippen LogP contribution < -0.4 is 0 Å². The minimum atomic E-state index is -4.45. The van der Waals surface area contributed by atoms with E-state index in [1.807, 2.05) is 6.92 Å². The second-order valence-electron chi connectivity index (χ2n) is 2.89. The van der Waals surface area contributed by atoms with E-state index < -0.39 is 13.9 Å². The molecule has 0 bridgehead atoms. The normalized spacial score (nSPS) is 14.2. The zero-order valence-corrected chi connectivity index (χ0v) is 8.68. The first-order valence-electron chi connectivity index (χ1n) is 4.30. The first-order chi connectivity index (χ1) is 6.53. The van der Waals surface area contributed by atoms with E-state index in [9.17, 15) is 4.57 Å². The maximum atomic E-state index is 10.6. The molecule has 14 heavy (non-hydrogen) atoms. The van der Waals surface area contributed by atoms with Crippen molar-refractivity contribution in [1.82, 2.24) is 0 Å². The van der Waals surface area contributed by atoms with Gasteiger partial charge in [-0.15, -0.1) is 0 Å². The summed E-state index contributed by atoms with van der Waals surface area (Å²) in [5, 5.41) is 0. The van der Waals surface area contributed by atoms with Crippen LogP contribution in [0.2, 0.25) is 0 Å². The Kier molecular flexibility index (Phi) is 3.89. The van der Waals surface area contributed by atoms with E-state index in [-0.39, 0.29) is 0 Å². The Hall–Kier alpha value is -0.610. The van der Waals surface area contributed by atoms with Crippen LogP contribution in [0.3, 0.4) is 0 Å². The third-order valence-corrected chi connectivity index (χ3v) is 2.21. The van der Waals surface area contributed by atoms with Crippen molar-refractivity contribution in [3.8, 4) is 0 Å². The van der Waals surface area contributed by atoms with Gasteiger partial charge >= 0.3 is 7.82 Å². The predicted octanol–water partition coefficient (Wildman–Crippen LogP) is 2.23. The highest BCUT2D eigenvalue weighted by Crippen LogP contribution is 2.43. The molecular formula is C8H13O5P. The molecule has 1 rings (SSSR count). The Morgan fingerprint density at radius 3 is 2.79 bits per heavy atom. The number of furan rings is 1. The third kappa shape index (κ3) is 3.64. The van der Waals surface area contributed by atoms with Crippen molar-refractivity contribution in [1.29, 1.82) is 0 Å². The average molecular weight is 220 g/mol. The van der Waals surface area contributed by atoms with E-state index in [2.05, 4.69) is 4.52 Å². The summed E-state index contributed by atoms with van der Waals surface area (Å²) in [5.74, 6) is 0.440. The molecule has 0 aromatic carbocycles. The lowest BCUT2D eigenvalue weighted by Crippen LogP contribution is -2.01. The summed E-state index contributed by atoms with van der Waals surface area (Å²) >= 11 is 0. The highest BCUT2D eigenvalue weighted by Gasteiger charge is 2.24. The van der Waals surface area contributed by atoms with Gasteiger partial charge in [0.15, 0.2) is 0 Å². The zero-order chi connectivity index (χ0) is 10.6. The molecular weight excluding hydrogens is 207 g/mol. The van der Waals surface area contributed by atoms with E-state index >= 15 is 0 Å². The predicted molar refractivity (Wildman–Crippen MR) is 49.5 cm³/mol. The van der Waals surface area contributed by atoms with Crippen LogP contribution in [0.25, 0.3) is 0 Å². The van der Waals surface area contributed by atoms with Gasteiger partial charge in [-0.2, -0.15) is 0 Å². The standard InChI is InChI=1S/C8H13O5P/c1-2-4-8(13-14(9,10)11)7-5-3-6-12-7/h3,5-6,8H,2,4H2,1H3,(H2,9,10,11). The van der Waals surface area contributed by atoms with E-state index in [0.717, 1.165) is 6.42 Å². The van der Waals surface area contributed by atoms with Crippen molar-refractivity contribution in [2.45, 2.75) is 25.9 Å². The summed E-state index contributed by atoms with van der Waals surface area (Å²) in [5.41, 5.74) is 0. The van der Waals surface area contributed by atoms with Gasteiger partial charge in [-0.3, -0.25) is 4.52 Å². The molecule has 0 saturated carbocycles. The van der Waals surface area contributed by atoms with Crippen molar-refractivity contribution in [3.05, 3.63) is 24.2 Å². The molecule has 0 fully saturated rings. The van der Waals surface area contributed by atoms with E-state index in [1.54, 1.807) is 12.1 Å². The van der Waals surface area contributed by atoms with Gasteiger partial charge in [0, 0.05) is 0 Å². The number of hydrogen-bond donors (Lipinski definition) is 2. The molecule has 5 nitrogen and oxygen atoms in total. The van der Waals surface area contributed by atoms with Crippen LogP contribution in [0.1, 0.15) is 31.6 Å². The largest absolute Gasteiger partial charge is 0.470 e. The summed E-state index contributed by atoms with van der Waals surface area (Å²) in [6, 6.07) is 3.29. The van der Waals surface area contributed by atoms with Gasteiger partial charge in [0.1, 0.15) is 11.9 Å². The van der Waals surface area contributed by atoms with Crippen molar-refractivity contribution < 1.29 is 23.3 Å². The van der Waals surface area contributed by atoms with Crippen LogP contribution in [0, 0.1) is 0 Å². The summed E-state index contributed by atoms with van der Waals surface area (Å²) in [7, 11) is -4.45. The molecule has 0 aliphatic heterocycles. The van der Waals surface area contributed by atoms with Gasteiger partial charge < -0.3 is 14.2 Å². The second-order valence-corrected chi connectivity index (χ2v) is 4.08. The maximum Gasteiger partial charge on any atom is 0.470 e. The topological polar surface area (TPSA) is 79.9 Å². The summed E-state index contributed by atoms with van der Waals surface area (Å²) in [6.07, 6.45) is 2.04.